The molecule has 1 aromatic rings. The van der Waals surface area contributed by atoms with Crippen molar-refractivity contribution in [2.24, 2.45) is 17.8 Å². The van der Waals surface area contributed by atoms with Crippen molar-refractivity contribution in [1.82, 2.24) is 0 Å². The summed E-state index contributed by atoms with van der Waals surface area (Å²) in [6.07, 6.45) is 7.07. The van der Waals surface area contributed by atoms with E-state index < -0.39 is 0 Å². The van der Waals surface area contributed by atoms with Crippen LogP contribution in [0, 0.1) is 24.7 Å². The molecule has 0 heterocycles. The highest BCUT2D eigenvalue weighted by Gasteiger charge is 2.38. The molecule has 0 aromatic heterocycles. The van der Waals surface area contributed by atoms with Crippen LogP contribution in [0.1, 0.15) is 83.8 Å². The van der Waals surface area contributed by atoms with Crippen molar-refractivity contribution in [3.8, 4) is 0 Å². The summed E-state index contributed by atoms with van der Waals surface area (Å²) in [6, 6.07) is 9.25. The van der Waals surface area contributed by atoms with Crippen molar-refractivity contribution < 1.29 is 0 Å². The molecule has 0 heteroatoms. The van der Waals surface area contributed by atoms with E-state index in [-0.39, 0.29) is 0 Å². The summed E-state index contributed by atoms with van der Waals surface area (Å²) in [5.74, 6) is 3.57. The van der Waals surface area contributed by atoms with Gasteiger partial charge in [-0.05, 0) is 75.2 Å². The van der Waals surface area contributed by atoms with E-state index in [1.807, 2.05) is 27.7 Å². The van der Waals surface area contributed by atoms with Crippen LogP contribution in [0.25, 0.3) is 0 Å². The molecule has 23 heavy (non-hydrogen) atoms. The number of aryl methyl sites for hydroxylation is 1. The van der Waals surface area contributed by atoms with Crippen LogP contribution in [0.15, 0.2) is 36.4 Å². The fourth-order valence-corrected chi connectivity index (χ4v) is 4.31. The van der Waals surface area contributed by atoms with Gasteiger partial charge in [-0.2, -0.15) is 0 Å². The van der Waals surface area contributed by atoms with Gasteiger partial charge in [0.05, 0.1) is 0 Å². The SMILES string of the molecule is C=C(C)C1CCC2CC(c3ccc(C)cc3)CC2C1.CC.CC. The maximum atomic E-state index is 4.18. The Hall–Kier alpha value is -1.04. The lowest BCUT2D eigenvalue weighted by Crippen LogP contribution is -2.20. The van der Waals surface area contributed by atoms with Gasteiger partial charge in [-0.15, -0.1) is 0 Å². The minimum atomic E-state index is 0.804. The van der Waals surface area contributed by atoms with Gasteiger partial charge in [-0.3, -0.25) is 0 Å². The van der Waals surface area contributed by atoms with E-state index in [2.05, 4.69) is 44.7 Å². The minimum Gasteiger partial charge on any atom is -0.0999 e. The predicted octanol–water partition coefficient (Wildman–Crippen LogP) is 7.53. The summed E-state index contributed by atoms with van der Waals surface area (Å²) in [7, 11) is 0. The van der Waals surface area contributed by atoms with Crippen LogP contribution in [0.4, 0.5) is 0 Å². The van der Waals surface area contributed by atoms with E-state index in [4.69, 9.17) is 0 Å². The van der Waals surface area contributed by atoms with E-state index in [0.717, 1.165) is 23.7 Å². The van der Waals surface area contributed by atoms with Crippen molar-refractivity contribution in [1.29, 1.82) is 0 Å². The van der Waals surface area contributed by atoms with Gasteiger partial charge >= 0.3 is 0 Å². The Morgan fingerprint density at radius 3 is 2.00 bits per heavy atom. The lowest BCUT2D eigenvalue weighted by molar-refractivity contribution is 0.230. The van der Waals surface area contributed by atoms with Gasteiger partial charge in [0.1, 0.15) is 0 Å². The molecule has 0 amide bonds. The molecule has 2 aliphatic rings. The summed E-state index contributed by atoms with van der Waals surface area (Å²) < 4.78 is 0. The van der Waals surface area contributed by atoms with Gasteiger partial charge in [-0.1, -0.05) is 69.7 Å². The first-order valence-electron chi connectivity index (χ1n) is 9.85. The average molecular weight is 315 g/mol. The Balaban J connectivity index is 0.000000615. The highest BCUT2D eigenvalue weighted by molar-refractivity contribution is 5.26. The number of rotatable bonds is 2. The van der Waals surface area contributed by atoms with Crippen molar-refractivity contribution in [2.45, 2.75) is 79.6 Å². The van der Waals surface area contributed by atoms with Gasteiger partial charge < -0.3 is 0 Å². The van der Waals surface area contributed by atoms with Crippen LogP contribution in [-0.4, -0.2) is 0 Å². The Labute approximate surface area is 145 Å². The molecule has 0 radical (unpaired) electrons. The molecule has 130 valence electrons. The third kappa shape index (κ3) is 5.23. The molecule has 0 saturated heterocycles. The zero-order valence-electron chi connectivity index (χ0n) is 16.4. The number of benzene rings is 1. The van der Waals surface area contributed by atoms with Crippen LogP contribution < -0.4 is 0 Å². The maximum Gasteiger partial charge on any atom is -0.0156 e. The summed E-state index contributed by atoms with van der Waals surface area (Å²) in [4.78, 5) is 0. The first kappa shape index (κ1) is 20.0. The Morgan fingerprint density at radius 1 is 0.870 bits per heavy atom. The highest BCUT2D eigenvalue weighted by atomic mass is 14.4. The summed E-state index contributed by atoms with van der Waals surface area (Å²) in [5, 5.41) is 0. The third-order valence-corrected chi connectivity index (χ3v) is 5.56. The first-order valence-corrected chi connectivity index (χ1v) is 9.85. The monoisotopic (exact) mass is 314 g/mol. The third-order valence-electron chi connectivity index (χ3n) is 5.56. The van der Waals surface area contributed by atoms with E-state index in [1.165, 1.54) is 43.2 Å². The predicted molar refractivity (Wildman–Crippen MR) is 105 cm³/mol. The van der Waals surface area contributed by atoms with E-state index >= 15 is 0 Å². The maximum absolute atomic E-state index is 4.18. The molecule has 2 aliphatic carbocycles. The normalized spacial score (nSPS) is 28.6. The first-order chi connectivity index (χ1) is 11.1. The van der Waals surface area contributed by atoms with E-state index in [0.29, 0.717) is 0 Å². The lowest BCUT2D eigenvalue weighted by atomic mass is 9.74. The van der Waals surface area contributed by atoms with Crippen molar-refractivity contribution >= 4 is 0 Å². The minimum absolute atomic E-state index is 0.804. The second-order valence-corrected chi connectivity index (χ2v) is 6.96. The zero-order valence-corrected chi connectivity index (χ0v) is 16.4. The van der Waals surface area contributed by atoms with Crippen LogP contribution in [0.2, 0.25) is 0 Å². The van der Waals surface area contributed by atoms with Crippen molar-refractivity contribution in [3.05, 3.63) is 47.5 Å². The molecule has 1 aromatic carbocycles. The molecule has 0 N–H and O–H groups in total. The summed E-state index contributed by atoms with van der Waals surface area (Å²) in [6.45, 7) is 16.6. The second-order valence-electron chi connectivity index (χ2n) is 6.96. The number of allylic oxidation sites excluding steroid dienone is 1. The Bertz CT molecular complexity index is 453. The molecule has 0 aliphatic heterocycles. The van der Waals surface area contributed by atoms with Crippen molar-refractivity contribution in [2.75, 3.05) is 0 Å². The molecule has 4 unspecified atom stereocenters. The molecule has 0 bridgehead atoms. The molecule has 2 fully saturated rings. The fraction of sp³-hybridized carbons (Fsp3) is 0.652. The fourth-order valence-electron chi connectivity index (χ4n) is 4.31. The number of hydrogen-bond acceptors (Lipinski definition) is 0. The standard InChI is InChI=1S/C19H26.2C2H6/c1-13(2)16-8-9-17-11-18(12-19(17)10-16)15-6-4-14(3)5-7-15;2*1-2/h4-7,16-19H,1,8-12H2,2-3H3;2*1-2H3. The van der Waals surface area contributed by atoms with E-state index in [9.17, 15) is 0 Å². The van der Waals surface area contributed by atoms with Crippen LogP contribution in [-0.2, 0) is 0 Å². The Kier molecular flexibility index (Phi) is 8.66. The molecular formula is C23H38. The van der Waals surface area contributed by atoms with E-state index in [1.54, 1.807) is 5.56 Å². The molecule has 3 rings (SSSR count). The second kappa shape index (κ2) is 9.96. The summed E-state index contributed by atoms with van der Waals surface area (Å²) >= 11 is 0. The highest BCUT2D eigenvalue weighted by Crippen LogP contribution is 2.51. The van der Waals surface area contributed by atoms with Crippen LogP contribution in [0.5, 0.6) is 0 Å². The number of fused-ring (bicyclic) bond motifs is 1. The Morgan fingerprint density at radius 2 is 1.43 bits per heavy atom. The quantitative estimate of drug-likeness (QED) is 0.495. The van der Waals surface area contributed by atoms with Gasteiger partial charge in [0.2, 0.25) is 0 Å². The van der Waals surface area contributed by atoms with Crippen LogP contribution in [0.3, 0.4) is 0 Å². The van der Waals surface area contributed by atoms with Gasteiger partial charge in [-0.25, -0.2) is 0 Å². The lowest BCUT2D eigenvalue weighted by Gasteiger charge is -2.32. The smallest absolute Gasteiger partial charge is 0.0156 e. The summed E-state index contributed by atoms with van der Waals surface area (Å²) in [5.41, 5.74) is 4.37. The largest absolute Gasteiger partial charge is 0.0999 e. The molecular weight excluding hydrogens is 276 g/mol. The molecule has 0 nitrogen and oxygen atoms in total. The van der Waals surface area contributed by atoms with Crippen LogP contribution >= 0.6 is 0 Å². The average Bonchev–Trinajstić information content (AvgIpc) is 3.02. The molecule has 0 spiro atoms. The van der Waals surface area contributed by atoms with Gasteiger partial charge in [0.25, 0.3) is 0 Å². The molecule has 4 atom stereocenters. The number of hydrogen-bond donors (Lipinski definition) is 0. The van der Waals surface area contributed by atoms with Gasteiger partial charge in [0, 0.05) is 0 Å². The van der Waals surface area contributed by atoms with Gasteiger partial charge in [0.15, 0.2) is 0 Å². The topological polar surface area (TPSA) is 0 Å². The zero-order chi connectivity index (χ0) is 17.4. The van der Waals surface area contributed by atoms with Crippen molar-refractivity contribution in [3.63, 3.8) is 0 Å². The molecule has 2 saturated carbocycles.